The molecule has 108 valence electrons. The van der Waals surface area contributed by atoms with Crippen LogP contribution in [0.4, 0.5) is 8.78 Å². The molecule has 5 heteroatoms. The maximum atomic E-state index is 12.0. The Kier molecular flexibility index (Phi) is 5.28. The van der Waals surface area contributed by atoms with Crippen molar-refractivity contribution in [3.63, 3.8) is 0 Å². The van der Waals surface area contributed by atoms with E-state index in [1.807, 2.05) is 6.07 Å². The van der Waals surface area contributed by atoms with Gasteiger partial charge in [-0.1, -0.05) is 25.1 Å². The van der Waals surface area contributed by atoms with Gasteiger partial charge in [-0.15, -0.1) is 0 Å². The predicted molar refractivity (Wildman–Crippen MR) is 74.3 cm³/mol. The van der Waals surface area contributed by atoms with Gasteiger partial charge < -0.3 is 9.73 Å². The molecule has 1 N–H and O–H groups in total. The van der Waals surface area contributed by atoms with Gasteiger partial charge in [0, 0.05) is 6.54 Å². The molecule has 0 saturated heterocycles. The van der Waals surface area contributed by atoms with Crippen LogP contribution in [0.3, 0.4) is 0 Å². The molecule has 1 aromatic rings. The summed E-state index contributed by atoms with van der Waals surface area (Å²) in [7, 11) is 0. The van der Waals surface area contributed by atoms with Crippen LogP contribution in [0.25, 0.3) is 0 Å². The molecule has 1 saturated carbocycles. The van der Waals surface area contributed by atoms with Gasteiger partial charge in [0.05, 0.1) is 12.3 Å². The Morgan fingerprint density at radius 1 is 1.37 bits per heavy atom. The van der Waals surface area contributed by atoms with Gasteiger partial charge in [0.2, 0.25) is 0 Å². The molecule has 0 bridgehead atoms. The second-order valence-corrected chi connectivity index (χ2v) is 6.27. The molecule has 0 aromatic carbocycles. The minimum Gasteiger partial charge on any atom is -0.464 e. The van der Waals surface area contributed by atoms with Crippen LogP contribution in [-0.2, 0) is 12.3 Å². The summed E-state index contributed by atoms with van der Waals surface area (Å²) in [5.74, 6) is -0.651. The van der Waals surface area contributed by atoms with Crippen LogP contribution < -0.4 is 5.32 Å². The number of hydrogen-bond donors (Lipinski definition) is 1. The molecule has 1 aromatic heterocycles. The Bertz CT molecular complexity index is 391. The molecule has 0 amide bonds. The first-order chi connectivity index (χ1) is 9.13. The van der Waals surface area contributed by atoms with Crippen molar-refractivity contribution in [3.05, 3.63) is 23.7 Å². The highest BCUT2D eigenvalue weighted by Crippen LogP contribution is 2.48. The SMILES string of the molecule is CCCC1(CNCc2ccc(CSC(F)F)o2)CC1. The molecule has 2 nitrogen and oxygen atoms in total. The van der Waals surface area contributed by atoms with E-state index in [9.17, 15) is 8.78 Å². The highest BCUT2D eigenvalue weighted by molar-refractivity contribution is 7.98. The Morgan fingerprint density at radius 2 is 2.11 bits per heavy atom. The van der Waals surface area contributed by atoms with E-state index in [0.29, 0.717) is 29.5 Å². The van der Waals surface area contributed by atoms with Crippen molar-refractivity contribution < 1.29 is 13.2 Å². The summed E-state index contributed by atoms with van der Waals surface area (Å²) in [5.41, 5.74) is 0.524. The molecule has 2 rings (SSSR count). The average Bonchev–Trinajstić information content (AvgIpc) is 2.97. The minimum atomic E-state index is -2.34. The standard InChI is InChI=1S/C14H21F2NOS/c1-2-5-14(6-7-14)10-17-8-11-3-4-12(18-11)9-19-13(15)16/h3-4,13,17H,2,5-10H2,1H3. The van der Waals surface area contributed by atoms with Crippen molar-refractivity contribution in [3.8, 4) is 0 Å². The molecular weight excluding hydrogens is 268 g/mol. The third-order valence-corrected chi connectivity index (χ3v) is 4.31. The number of nitrogens with one attached hydrogen (secondary N) is 1. The summed E-state index contributed by atoms with van der Waals surface area (Å²) < 4.78 is 29.6. The quantitative estimate of drug-likeness (QED) is 0.729. The molecule has 0 spiro atoms. The Hall–Kier alpha value is -0.550. The maximum absolute atomic E-state index is 12.0. The summed E-state index contributed by atoms with van der Waals surface area (Å²) in [6, 6.07) is 3.65. The van der Waals surface area contributed by atoms with Crippen LogP contribution in [-0.4, -0.2) is 12.3 Å². The van der Waals surface area contributed by atoms with Gasteiger partial charge in [-0.05, 0) is 36.8 Å². The Labute approximate surface area is 117 Å². The first-order valence-electron chi connectivity index (χ1n) is 6.82. The zero-order valence-electron chi connectivity index (χ0n) is 11.3. The summed E-state index contributed by atoms with van der Waals surface area (Å²) in [6.07, 6.45) is 5.16. The normalized spacial score (nSPS) is 17.1. The Balaban J connectivity index is 1.68. The van der Waals surface area contributed by atoms with Gasteiger partial charge in [0.15, 0.2) is 0 Å². The smallest absolute Gasteiger partial charge is 0.284 e. The van der Waals surface area contributed by atoms with E-state index in [4.69, 9.17) is 4.42 Å². The monoisotopic (exact) mass is 289 g/mol. The molecule has 0 aliphatic heterocycles. The highest BCUT2D eigenvalue weighted by atomic mass is 32.2. The van der Waals surface area contributed by atoms with E-state index < -0.39 is 5.76 Å². The number of thioether (sulfide) groups is 1. The molecule has 1 aliphatic rings. The molecule has 0 unspecified atom stereocenters. The molecule has 0 atom stereocenters. The second kappa shape index (κ2) is 6.75. The van der Waals surface area contributed by atoms with Crippen molar-refractivity contribution in [2.24, 2.45) is 5.41 Å². The van der Waals surface area contributed by atoms with Crippen LogP contribution in [0.2, 0.25) is 0 Å². The Morgan fingerprint density at radius 3 is 2.74 bits per heavy atom. The fourth-order valence-electron chi connectivity index (χ4n) is 2.41. The number of furan rings is 1. The van der Waals surface area contributed by atoms with Gasteiger partial charge in [0.25, 0.3) is 5.76 Å². The van der Waals surface area contributed by atoms with Crippen LogP contribution >= 0.6 is 11.8 Å². The summed E-state index contributed by atoms with van der Waals surface area (Å²) in [4.78, 5) is 0. The summed E-state index contributed by atoms with van der Waals surface area (Å²) in [5, 5.41) is 3.42. The first kappa shape index (κ1) is 14.9. The van der Waals surface area contributed by atoms with Crippen molar-refractivity contribution in [2.45, 2.75) is 50.7 Å². The van der Waals surface area contributed by atoms with Crippen molar-refractivity contribution in [1.29, 1.82) is 0 Å². The number of halogens is 2. The van der Waals surface area contributed by atoms with Crippen LogP contribution in [0.1, 0.15) is 44.1 Å². The van der Waals surface area contributed by atoms with E-state index >= 15 is 0 Å². The van der Waals surface area contributed by atoms with Gasteiger partial charge in [-0.25, -0.2) is 0 Å². The molecular formula is C14H21F2NOS. The van der Waals surface area contributed by atoms with E-state index in [1.165, 1.54) is 25.7 Å². The van der Waals surface area contributed by atoms with Gasteiger partial charge >= 0.3 is 0 Å². The van der Waals surface area contributed by atoms with E-state index in [0.717, 1.165) is 12.3 Å². The zero-order chi connectivity index (χ0) is 13.7. The number of alkyl halides is 2. The minimum absolute atomic E-state index is 0.234. The number of rotatable bonds is 9. The van der Waals surface area contributed by atoms with Crippen LogP contribution in [0.5, 0.6) is 0 Å². The lowest BCUT2D eigenvalue weighted by atomic mass is 10.0. The predicted octanol–water partition coefficient (Wildman–Crippen LogP) is 4.41. The first-order valence-corrected chi connectivity index (χ1v) is 7.86. The number of hydrogen-bond acceptors (Lipinski definition) is 3. The van der Waals surface area contributed by atoms with E-state index in [-0.39, 0.29) is 5.75 Å². The lowest BCUT2D eigenvalue weighted by Gasteiger charge is -2.14. The van der Waals surface area contributed by atoms with E-state index in [1.54, 1.807) is 6.07 Å². The van der Waals surface area contributed by atoms with Gasteiger partial charge in [0.1, 0.15) is 11.5 Å². The molecule has 1 fully saturated rings. The van der Waals surface area contributed by atoms with Crippen molar-refractivity contribution >= 4 is 11.8 Å². The summed E-state index contributed by atoms with van der Waals surface area (Å²) >= 11 is 0.595. The second-order valence-electron chi connectivity index (χ2n) is 5.29. The maximum Gasteiger partial charge on any atom is 0.284 e. The van der Waals surface area contributed by atoms with Crippen molar-refractivity contribution in [1.82, 2.24) is 5.32 Å². The third kappa shape index (κ3) is 4.80. The highest BCUT2D eigenvalue weighted by Gasteiger charge is 2.40. The van der Waals surface area contributed by atoms with Gasteiger partial charge in [-0.2, -0.15) is 8.78 Å². The molecule has 1 heterocycles. The molecule has 19 heavy (non-hydrogen) atoms. The fourth-order valence-corrected chi connectivity index (χ4v) is 2.86. The lowest BCUT2D eigenvalue weighted by Crippen LogP contribution is -2.23. The lowest BCUT2D eigenvalue weighted by molar-refractivity contribution is 0.251. The van der Waals surface area contributed by atoms with Gasteiger partial charge in [-0.3, -0.25) is 0 Å². The van der Waals surface area contributed by atoms with Crippen LogP contribution in [0, 0.1) is 5.41 Å². The molecule has 0 radical (unpaired) electrons. The molecule has 1 aliphatic carbocycles. The van der Waals surface area contributed by atoms with Crippen molar-refractivity contribution in [2.75, 3.05) is 6.54 Å². The largest absolute Gasteiger partial charge is 0.464 e. The summed E-state index contributed by atoms with van der Waals surface area (Å²) in [6.45, 7) is 3.94. The average molecular weight is 289 g/mol. The fraction of sp³-hybridized carbons (Fsp3) is 0.714. The third-order valence-electron chi connectivity index (χ3n) is 3.61. The topological polar surface area (TPSA) is 25.2 Å². The zero-order valence-corrected chi connectivity index (χ0v) is 12.1. The van der Waals surface area contributed by atoms with Crippen LogP contribution in [0.15, 0.2) is 16.5 Å². The van der Waals surface area contributed by atoms with E-state index in [2.05, 4.69) is 12.2 Å².